The van der Waals surface area contributed by atoms with Gasteiger partial charge in [0.05, 0.1) is 11.9 Å². The summed E-state index contributed by atoms with van der Waals surface area (Å²) in [4.78, 5) is 27.8. The van der Waals surface area contributed by atoms with Crippen LogP contribution in [-0.2, 0) is 26.2 Å². The number of nitrogens with zero attached hydrogens (tertiary/aromatic N) is 2. The molecule has 2 amide bonds. The molecule has 0 saturated carbocycles. The Balaban J connectivity index is 2.19. The van der Waals surface area contributed by atoms with Gasteiger partial charge < -0.3 is 10.2 Å². The van der Waals surface area contributed by atoms with E-state index in [1.807, 2.05) is 77.1 Å². The molecule has 192 valence electrons. The number of rotatable bonds is 10. The largest absolute Gasteiger partial charge is 0.350 e. The van der Waals surface area contributed by atoms with Crippen molar-refractivity contribution in [3.05, 3.63) is 65.2 Å². The van der Waals surface area contributed by atoms with Gasteiger partial charge >= 0.3 is 0 Å². The number of benzene rings is 2. The molecule has 2 aromatic carbocycles. The summed E-state index contributed by atoms with van der Waals surface area (Å²) in [5.74, 6) is -0.420. The minimum atomic E-state index is -3.51. The van der Waals surface area contributed by atoms with E-state index in [1.54, 1.807) is 17.9 Å². The van der Waals surface area contributed by atoms with Crippen LogP contribution in [0.3, 0.4) is 0 Å². The smallest absolute Gasteiger partial charge is 0.242 e. The molecule has 0 bridgehead atoms. The zero-order chi connectivity index (χ0) is 26.4. The van der Waals surface area contributed by atoms with Crippen LogP contribution in [0.2, 0.25) is 0 Å². The van der Waals surface area contributed by atoms with Gasteiger partial charge in [0.15, 0.2) is 0 Å². The molecule has 35 heavy (non-hydrogen) atoms. The van der Waals surface area contributed by atoms with Gasteiger partial charge in [0.1, 0.15) is 6.04 Å². The van der Waals surface area contributed by atoms with Crippen molar-refractivity contribution in [3.63, 3.8) is 0 Å². The maximum Gasteiger partial charge on any atom is 0.242 e. The highest BCUT2D eigenvalue weighted by Crippen LogP contribution is 2.20. The Kier molecular flexibility index (Phi) is 9.49. The Bertz CT molecular complexity index is 1140. The molecule has 1 atom stereocenters. The molecule has 0 spiro atoms. The highest BCUT2D eigenvalue weighted by Gasteiger charge is 2.28. The van der Waals surface area contributed by atoms with Crippen LogP contribution in [0, 0.1) is 13.8 Å². The molecular weight excluding hydrogens is 462 g/mol. The first-order valence-corrected chi connectivity index (χ1v) is 13.7. The van der Waals surface area contributed by atoms with E-state index in [0.717, 1.165) is 16.7 Å². The van der Waals surface area contributed by atoms with Crippen LogP contribution in [-0.4, -0.2) is 49.5 Å². The topological polar surface area (TPSA) is 86.8 Å². The fourth-order valence-corrected chi connectivity index (χ4v) is 4.81. The molecule has 0 aliphatic carbocycles. The van der Waals surface area contributed by atoms with Gasteiger partial charge in [-0.1, -0.05) is 42.0 Å². The number of aryl methyl sites for hydroxylation is 2. The van der Waals surface area contributed by atoms with Crippen molar-refractivity contribution in [2.45, 2.75) is 72.5 Å². The van der Waals surface area contributed by atoms with E-state index in [9.17, 15) is 18.0 Å². The lowest BCUT2D eigenvalue weighted by atomic mass is 10.1. The molecule has 0 heterocycles. The lowest BCUT2D eigenvalue weighted by Gasteiger charge is -2.32. The van der Waals surface area contributed by atoms with Crippen molar-refractivity contribution in [1.82, 2.24) is 10.2 Å². The number of carbonyl (C=O) groups is 2. The van der Waals surface area contributed by atoms with Crippen molar-refractivity contribution in [3.8, 4) is 0 Å². The second-order valence-electron chi connectivity index (χ2n) is 10.2. The Morgan fingerprint density at radius 3 is 2.14 bits per heavy atom. The third-order valence-corrected chi connectivity index (χ3v) is 6.74. The summed E-state index contributed by atoms with van der Waals surface area (Å²) in [6, 6.07) is 14.4. The fourth-order valence-electron chi connectivity index (χ4n) is 3.85. The number of anilines is 1. The van der Waals surface area contributed by atoms with Crippen molar-refractivity contribution in [2.24, 2.45) is 0 Å². The van der Waals surface area contributed by atoms with Crippen molar-refractivity contribution < 1.29 is 18.0 Å². The molecule has 7 nitrogen and oxygen atoms in total. The van der Waals surface area contributed by atoms with E-state index in [4.69, 9.17) is 0 Å². The lowest BCUT2D eigenvalue weighted by Crippen LogP contribution is -2.52. The summed E-state index contributed by atoms with van der Waals surface area (Å²) in [6.07, 6.45) is 1.62. The van der Waals surface area contributed by atoms with E-state index < -0.39 is 21.6 Å². The van der Waals surface area contributed by atoms with Crippen LogP contribution in [0.15, 0.2) is 48.5 Å². The minimum Gasteiger partial charge on any atom is -0.350 e. The van der Waals surface area contributed by atoms with Crippen molar-refractivity contribution >= 4 is 27.5 Å². The number of hydrogen-bond acceptors (Lipinski definition) is 4. The van der Waals surface area contributed by atoms with Gasteiger partial charge in [-0.25, -0.2) is 8.42 Å². The van der Waals surface area contributed by atoms with Gasteiger partial charge in [0, 0.05) is 25.0 Å². The van der Waals surface area contributed by atoms with Crippen LogP contribution >= 0.6 is 0 Å². The molecule has 0 fully saturated rings. The average Bonchev–Trinajstić information content (AvgIpc) is 2.72. The first-order chi connectivity index (χ1) is 16.2. The monoisotopic (exact) mass is 501 g/mol. The molecule has 1 N–H and O–H groups in total. The Morgan fingerprint density at radius 2 is 1.60 bits per heavy atom. The molecule has 0 unspecified atom stereocenters. The quantitative estimate of drug-likeness (QED) is 0.529. The SMILES string of the molecule is Cc1cccc(CN(C(=O)CCCN(c2cccc(C)c2)S(C)(=O)=O)[C@@H](C)C(=O)NC(C)(C)C)c1. The standard InChI is InChI=1S/C27H39N3O4S/c1-20-11-8-13-23(17-20)19-29(22(3)26(32)28-27(4,5)6)25(31)15-10-16-30(35(7,33)34)24-14-9-12-21(2)18-24/h8-9,11-14,17-18,22H,10,15-16,19H2,1-7H3,(H,28,32)/t22-/m0/s1. The zero-order valence-corrected chi connectivity index (χ0v) is 22.8. The summed E-state index contributed by atoms with van der Waals surface area (Å²) in [5, 5.41) is 2.95. The maximum absolute atomic E-state index is 13.3. The molecule has 0 saturated heterocycles. The zero-order valence-electron chi connectivity index (χ0n) is 22.0. The molecule has 0 radical (unpaired) electrons. The first kappa shape index (κ1) is 28.4. The minimum absolute atomic E-state index is 0.122. The Labute approximate surface area is 210 Å². The van der Waals surface area contributed by atoms with Gasteiger partial charge in [-0.05, 0) is 71.2 Å². The first-order valence-electron chi connectivity index (χ1n) is 11.9. The third kappa shape index (κ3) is 9.02. The van der Waals surface area contributed by atoms with E-state index in [2.05, 4.69) is 5.32 Å². The summed E-state index contributed by atoms with van der Waals surface area (Å²) in [7, 11) is -3.51. The van der Waals surface area contributed by atoms with Gasteiger partial charge in [-0.15, -0.1) is 0 Å². The van der Waals surface area contributed by atoms with Crippen molar-refractivity contribution in [1.29, 1.82) is 0 Å². The van der Waals surface area contributed by atoms with Gasteiger partial charge in [0.2, 0.25) is 21.8 Å². The van der Waals surface area contributed by atoms with Crippen LogP contribution in [0.1, 0.15) is 57.2 Å². The maximum atomic E-state index is 13.3. The molecule has 2 rings (SSSR count). The number of amides is 2. The number of nitrogens with one attached hydrogen (secondary N) is 1. The number of carbonyl (C=O) groups excluding carboxylic acids is 2. The molecule has 8 heteroatoms. The van der Waals surface area contributed by atoms with Gasteiger partial charge in [-0.2, -0.15) is 0 Å². The predicted octanol–water partition coefficient (Wildman–Crippen LogP) is 4.18. The average molecular weight is 502 g/mol. The highest BCUT2D eigenvalue weighted by molar-refractivity contribution is 7.92. The molecule has 0 aliphatic rings. The molecule has 0 aliphatic heterocycles. The van der Waals surface area contributed by atoms with E-state index in [0.29, 0.717) is 18.7 Å². The van der Waals surface area contributed by atoms with Gasteiger partial charge in [-0.3, -0.25) is 13.9 Å². The van der Waals surface area contributed by atoms with E-state index in [1.165, 1.54) is 10.6 Å². The van der Waals surface area contributed by atoms with Crippen molar-refractivity contribution in [2.75, 3.05) is 17.1 Å². The van der Waals surface area contributed by atoms with Crippen LogP contribution < -0.4 is 9.62 Å². The van der Waals surface area contributed by atoms with E-state index >= 15 is 0 Å². The Morgan fingerprint density at radius 1 is 1.00 bits per heavy atom. The second-order valence-corrected chi connectivity index (χ2v) is 12.1. The third-order valence-electron chi connectivity index (χ3n) is 5.54. The van der Waals surface area contributed by atoms with Crippen LogP contribution in [0.4, 0.5) is 5.69 Å². The Hall–Kier alpha value is -2.87. The lowest BCUT2D eigenvalue weighted by molar-refractivity contribution is -0.141. The summed E-state index contributed by atoms with van der Waals surface area (Å²) in [5.41, 5.74) is 3.12. The molecular formula is C27H39N3O4S. The summed E-state index contributed by atoms with van der Waals surface area (Å²) in [6.45, 7) is 11.8. The summed E-state index contributed by atoms with van der Waals surface area (Å²) >= 11 is 0. The normalized spacial score (nSPS) is 12.7. The number of hydrogen-bond donors (Lipinski definition) is 1. The predicted molar refractivity (Wildman–Crippen MR) is 142 cm³/mol. The van der Waals surface area contributed by atoms with Crippen LogP contribution in [0.25, 0.3) is 0 Å². The second kappa shape index (κ2) is 11.7. The molecule has 2 aromatic rings. The highest BCUT2D eigenvalue weighted by atomic mass is 32.2. The summed E-state index contributed by atoms with van der Waals surface area (Å²) < 4.78 is 26.2. The number of sulfonamides is 1. The van der Waals surface area contributed by atoms with Gasteiger partial charge in [0.25, 0.3) is 0 Å². The van der Waals surface area contributed by atoms with Crippen LogP contribution in [0.5, 0.6) is 0 Å². The van der Waals surface area contributed by atoms with E-state index in [-0.39, 0.29) is 24.8 Å². The fraction of sp³-hybridized carbons (Fsp3) is 0.481. The molecule has 0 aromatic heterocycles.